The Morgan fingerprint density at radius 2 is 2.17 bits per heavy atom. The summed E-state index contributed by atoms with van der Waals surface area (Å²) in [6.45, 7) is 2.94. The molecule has 0 bridgehead atoms. The highest BCUT2D eigenvalue weighted by Gasteiger charge is 2.00. The van der Waals surface area contributed by atoms with Crippen molar-refractivity contribution in [2.24, 2.45) is 0 Å². The summed E-state index contributed by atoms with van der Waals surface area (Å²) in [6, 6.07) is 0. The summed E-state index contributed by atoms with van der Waals surface area (Å²) in [5, 5.41) is 3.14. The number of alkyl halides is 1. The summed E-state index contributed by atoms with van der Waals surface area (Å²) in [5.41, 5.74) is 1.59. The van der Waals surface area contributed by atoms with Crippen LogP contribution in [0, 0.1) is 0 Å². The molecule has 0 saturated carbocycles. The maximum absolute atomic E-state index is 5.96. The SMILES string of the molecule is CCCCCC(Cl)NCC=CCl. The Morgan fingerprint density at radius 3 is 2.75 bits per heavy atom. The van der Waals surface area contributed by atoms with Gasteiger partial charge in [0, 0.05) is 12.1 Å². The zero-order chi connectivity index (χ0) is 9.23. The molecule has 0 heterocycles. The molecular formula is C9H17Cl2N. The fourth-order valence-electron chi connectivity index (χ4n) is 0.916. The van der Waals surface area contributed by atoms with Crippen molar-refractivity contribution in [1.29, 1.82) is 0 Å². The van der Waals surface area contributed by atoms with E-state index in [4.69, 9.17) is 23.2 Å². The van der Waals surface area contributed by atoms with Crippen molar-refractivity contribution < 1.29 is 0 Å². The second-order valence-corrected chi connectivity index (χ2v) is 3.51. The molecule has 0 aliphatic rings. The van der Waals surface area contributed by atoms with Crippen molar-refractivity contribution in [3.63, 3.8) is 0 Å². The molecule has 0 spiro atoms. The minimum Gasteiger partial charge on any atom is -0.298 e. The van der Waals surface area contributed by atoms with Crippen LogP contribution >= 0.6 is 23.2 Å². The van der Waals surface area contributed by atoms with Gasteiger partial charge < -0.3 is 0 Å². The minimum atomic E-state index is 0.0874. The fourth-order valence-corrected chi connectivity index (χ4v) is 1.25. The minimum absolute atomic E-state index is 0.0874. The predicted molar refractivity (Wildman–Crippen MR) is 56.8 cm³/mol. The van der Waals surface area contributed by atoms with Crippen LogP contribution in [0.25, 0.3) is 0 Å². The first kappa shape index (κ1) is 12.3. The number of nitrogens with one attached hydrogen (secondary N) is 1. The zero-order valence-electron chi connectivity index (χ0n) is 7.52. The van der Waals surface area contributed by atoms with Crippen molar-refractivity contribution in [3.8, 4) is 0 Å². The Bertz CT molecular complexity index is 115. The van der Waals surface area contributed by atoms with Crippen molar-refractivity contribution in [1.82, 2.24) is 5.32 Å². The Hall–Kier alpha value is 0.280. The lowest BCUT2D eigenvalue weighted by Gasteiger charge is -2.08. The van der Waals surface area contributed by atoms with Gasteiger partial charge >= 0.3 is 0 Å². The molecule has 0 aromatic heterocycles. The van der Waals surface area contributed by atoms with Gasteiger partial charge in [-0.1, -0.05) is 43.9 Å². The van der Waals surface area contributed by atoms with Gasteiger partial charge in [-0.15, -0.1) is 11.6 Å². The molecule has 0 aromatic carbocycles. The van der Waals surface area contributed by atoms with E-state index >= 15 is 0 Å². The average Bonchev–Trinajstić information content (AvgIpc) is 2.06. The number of unbranched alkanes of at least 4 members (excludes halogenated alkanes) is 2. The predicted octanol–water partition coefficient (Wildman–Crippen LogP) is 3.47. The fraction of sp³-hybridized carbons (Fsp3) is 0.778. The highest BCUT2D eigenvalue weighted by Crippen LogP contribution is 2.05. The van der Waals surface area contributed by atoms with Gasteiger partial charge in [-0.3, -0.25) is 5.32 Å². The van der Waals surface area contributed by atoms with E-state index in [9.17, 15) is 0 Å². The summed E-state index contributed by atoms with van der Waals surface area (Å²) in [6.07, 6.45) is 6.58. The molecule has 72 valence electrons. The molecule has 1 nitrogen and oxygen atoms in total. The molecule has 0 saturated heterocycles. The third-order valence-corrected chi connectivity index (χ3v) is 2.16. The largest absolute Gasteiger partial charge is 0.298 e. The van der Waals surface area contributed by atoms with Crippen LogP contribution in [-0.2, 0) is 0 Å². The van der Waals surface area contributed by atoms with Crippen LogP contribution in [0.5, 0.6) is 0 Å². The highest BCUT2D eigenvalue weighted by molar-refractivity contribution is 6.25. The second kappa shape index (κ2) is 9.37. The van der Waals surface area contributed by atoms with Crippen LogP contribution in [0.4, 0.5) is 0 Å². The maximum atomic E-state index is 5.96. The third kappa shape index (κ3) is 8.38. The zero-order valence-corrected chi connectivity index (χ0v) is 9.04. The molecule has 0 aromatic rings. The van der Waals surface area contributed by atoms with E-state index in [1.807, 2.05) is 6.08 Å². The molecule has 1 N–H and O–H groups in total. The van der Waals surface area contributed by atoms with Gasteiger partial charge in [-0.25, -0.2) is 0 Å². The quantitative estimate of drug-likeness (QED) is 0.385. The molecule has 1 unspecified atom stereocenters. The van der Waals surface area contributed by atoms with Gasteiger partial charge in [0.1, 0.15) is 0 Å². The smallest absolute Gasteiger partial charge is 0.0827 e. The monoisotopic (exact) mass is 209 g/mol. The number of halogens is 2. The third-order valence-electron chi connectivity index (χ3n) is 1.61. The summed E-state index contributed by atoms with van der Waals surface area (Å²) < 4.78 is 0. The van der Waals surface area contributed by atoms with Gasteiger partial charge in [0.25, 0.3) is 0 Å². The van der Waals surface area contributed by atoms with Gasteiger partial charge in [-0.2, -0.15) is 0 Å². The van der Waals surface area contributed by atoms with E-state index in [0.717, 1.165) is 13.0 Å². The normalized spacial score (nSPS) is 13.9. The van der Waals surface area contributed by atoms with Gasteiger partial charge in [0.05, 0.1) is 5.50 Å². The van der Waals surface area contributed by atoms with E-state index in [-0.39, 0.29) is 5.50 Å². The Morgan fingerprint density at radius 1 is 1.42 bits per heavy atom. The Labute approximate surface area is 85.1 Å². The van der Waals surface area contributed by atoms with E-state index in [2.05, 4.69) is 12.2 Å². The van der Waals surface area contributed by atoms with Crippen LogP contribution in [-0.4, -0.2) is 12.0 Å². The molecule has 12 heavy (non-hydrogen) atoms. The van der Waals surface area contributed by atoms with Crippen LogP contribution in [0.3, 0.4) is 0 Å². The molecule has 1 atom stereocenters. The van der Waals surface area contributed by atoms with Crippen molar-refractivity contribution in [2.45, 2.75) is 38.1 Å². The lowest BCUT2D eigenvalue weighted by molar-refractivity contribution is 0.583. The number of rotatable bonds is 7. The van der Waals surface area contributed by atoms with Crippen molar-refractivity contribution in [3.05, 3.63) is 11.6 Å². The standard InChI is InChI=1S/C9H17Cl2N/c1-2-3-4-6-9(11)12-8-5-7-10/h5,7,9,12H,2-4,6,8H2,1H3. The Balaban J connectivity index is 3.15. The average molecular weight is 210 g/mol. The lowest BCUT2D eigenvalue weighted by Crippen LogP contribution is -2.23. The molecule has 0 rings (SSSR count). The van der Waals surface area contributed by atoms with Crippen molar-refractivity contribution >= 4 is 23.2 Å². The molecule has 3 heteroatoms. The van der Waals surface area contributed by atoms with Crippen LogP contribution in [0.15, 0.2) is 11.6 Å². The molecule has 0 amide bonds. The van der Waals surface area contributed by atoms with Crippen LogP contribution < -0.4 is 5.32 Å². The molecule has 0 aliphatic carbocycles. The molecule has 0 fully saturated rings. The van der Waals surface area contributed by atoms with Gasteiger partial charge in [-0.05, 0) is 6.42 Å². The first-order valence-electron chi connectivity index (χ1n) is 4.44. The summed E-state index contributed by atoms with van der Waals surface area (Å²) in [4.78, 5) is 0. The summed E-state index contributed by atoms with van der Waals surface area (Å²) in [7, 11) is 0. The number of hydrogen-bond donors (Lipinski definition) is 1. The van der Waals surface area contributed by atoms with E-state index in [0.29, 0.717) is 0 Å². The highest BCUT2D eigenvalue weighted by atomic mass is 35.5. The van der Waals surface area contributed by atoms with Crippen molar-refractivity contribution in [2.75, 3.05) is 6.54 Å². The summed E-state index contributed by atoms with van der Waals surface area (Å²) in [5.74, 6) is 0. The number of hydrogen-bond acceptors (Lipinski definition) is 1. The van der Waals surface area contributed by atoms with E-state index < -0.39 is 0 Å². The van der Waals surface area contributed by atoms with E-state index in [1.54, 1.807) is 0 Å². The first-order chi connectivity index (χ1) is 5.81. The molecule has 0 radical (unpaired) electrons. The molecule has 0 aliphatic heterocycles. The van der Waals surface area contributed by atoms with Crippen LogP contribution in [0.2, 0.25) is 0 Å². The lowest BCUT2D eigenvalue weighted by atomic mass is 10.2. The van der Waals surface area contributed by atoms with Gasteiger partial charge in [0.15, 0.2) is 0 Å². The molecular weight excluding hydrogens is 193 g/mol. The van der Waals surface area contributed by atoms with E-state index in [1.165, 1.54) is 24.8 Å². The van der Waals surface area contributed by atoms with Crippen LogP contribution in [0.1, 0.15) is 32.6 Å². The summed E-state index contributed by atoms with van der Waals surface area (Å²) >= 11 is 11.3. The second-order valence-electron chi connectivity index (χ2n) is 2.73. The topological polar surface area (TPSA) is 12.0 Å². The maximum Gasteiger partial charge on any atom is 0.0827 e. The Kier molecular flexibility index (Phi) is 9.59. The van der Waals surface area contributed by atoms with Gasteiger partial charge in [0.2, 0.25) is 0 Å². The first-order valence-corrected chi connectivity index (χ1v) is 5.31.